The van der Waals surface area contributed by atoms with Gasteiger partial charge in [0.1, 0.15) is 5.02 Å². The molecule has 0 aromatic carbocycles. The molecule has 2 rings (SSSR count). The standard InChI is InChI=1S/C9H13ClN4O2/c1-13-9(15)8(10)7(6-11-13)12-14-2-4-16-5-3-14/h6,12H,2-5H2,1H3. The van der Waals surface area contributed by atoms with Crippen LogP contribution in [0.4, 0.5) is 5.69 Å². The van der Waals surface area contributed by atoms with Crippen molar-refractivity contribution in [3.63, 3.8) is 0 Å². The van der Waals surface area contributed by atoms with E-state index in [-0.39, 0.29) is 10.6 Å². The highest BCUT2D eigenvalue weighted by Gasteiger charge is 2.13. The molecular weight excluding hydrogens is 232 g/mol. The highest BCUT2D eigenvalue weighted by molar-refractivity contribution is 6.32. The number of aryl methyl sites for hydroxylation is 1. The molecule has 1 fully saturated rings. The number of halogens is 1. The number of morpholine rings is 1. The minimum absolute atomic E-state index is 0.156. The molecule has 0 bridgehead atoms. The third kappa shape index (κ3) is 2.34. The largest absolute Gasteiger partial charge is 0.379 e. The number of ether oxygens (including phenoxy) is 1. The molecule has 0 amide bonds. The van der Waals surface area contributed by atoms with E-state index in [9.17, 15) is 4.79 Å². The van der Waals surface area contributed by atoms with Gasteiger partial charge in [0, 0.05) is 20.1 Å². The maximum Gasteiger partial charge on any atom is 0.287 e. The Kier molecular flexibility index (Phi) is 3.42. The average molecular weight is 245 g/mol. The number of rotatable bonds is 2. The number of nitrogens with one attached hydrogen (secondary N) is 1. The predicted molar refractivity (Wildman–Crippen MR) is 60.5 cm³/mol. The van der Waals surface area contributed by atoms with Crippen LogP contribution in [0.5, 0.6) is 0 Å². The predicted octanol–water partition coefficient (Wildman–Crippen LogP) is 0.0928. The number of hydrogen-bond donors (Lipinski definition) is 1. The van der Waals surface area contributed by atoms with Crippen molar-refractivity contribution in [2.75, 3.05) is 31.7 Å². The molecule has 1 aromatic heterocycles. The smallest absolute Gasteiger partial charge is 0.287 e. The van der Waals surface area contributed by atoms with E-state index < -0.39 is 0 Å². The Balaban J connectivity index is 2.15. The third-order valence-corrected chi connectivity index (χ3v) is 2.73. The van der Waals surface area contributed by atoms with Gasteiger partial charge in [-0.15, -0.1) is 0 Å². The molecule has 2 heterocycles. The van der Waals surface area contributed by atoms with Gasteiger partial charge < -0.3 is 10.2 Å². The summed E-state index contributed by atoms with van der Waals surface area (Å²) < 4.78 is 6.42. The summed E-state index contributed by atoms with van der Waals surface area (Å²) in [6.07, 6.45) is 1.54. The van der Waals surface area contributed by atoms with E-state index in [4.69, 9.17) is 16.3 Å². The van der Waals surface area contributed by atoms with Crippen LogP contribution in [0, 0.1) is 0 Å². The number of hydrogen-bond acceptors (Lipinski definition) is 5. The summed E-state index contributed by atoms with van der Waals surface area (Å²) in [6.45, 7) is 2.85. The van der Waals surface area contributed by atoms with Crippen LogP contribution in [0.15, 0.2) is 11.0 Å². The Labute approximate surface area is 97.7 Å². The van der Waals surface area contributed by atoms with Crippen molar-refractivity contribution >= 4 is 17.3 Å². The second kappa shape index (κ2) is 4.82. The van der Waals surface area contributed by atoms with E-state index in [0.29, 0.717) is 18.9 Å². The Morgan fingerprint density at radius 2 is 2.19 bits per heavy atom. The Bertz CT molecular complexity index is 428. The normalized spacial score (nSPS) is 17.4. The van der Waals surface area contributed by atoms with Crippen LogP contribution in [0.1, 0.15) is 0 Å². The molecule has 16 heavy (non-hydrogen) atoms. The lowest BCUT2D eigenvalue weighted by atomic mass is 10.4. The van der Waals surface area contributed by atoms with Crippen molar-refractivity contribution in [1.29, 1.82) is 0 Å². The Morgan fingerprint density at radius 1 is 1.50 bits per heavy atom. The van der Waals surface area contributed by atoms with Crippen LogP contribution in [-0.4, -0.2) is 41.1 Å². The van der Waals surface area contributed by atoms with Gasteiger partial charge in [-0.05, 0) is 0 Å². The van der Waals surface area contributed by atoms with E-state index in [1.54, 1.807) is 13.2 Å². The second-order valence-electron chi connectivity index (χ2n) is 3.51. The van der Waals surface area contributed by atoms with Gasteiger partial charge in [0.2, 0.25) is 0 Å². The first-order valence-corrected chi connectivity index (χ1v) is 5.37. The monoisotopic (exact) mass is 244 g/mol. The van der Waals surface area contributed by atoms with Gasteiger partial charge >= 0.3 is 0 Å². The van der Waals surface area contributed by atoms with Gasteiger partial charge in [-0.2, -0.15) is 5.10 Å². The highest BCUT2D eigenvalue weighted by atomic mass is 35.5. The molecule has 6 nitrogen and oxygen atoms in total. The van der Waals surface area contributed by atoms with Gasteiger partial charge in [-0.1, -0.05) is 11.6 Å². The lowest BCUT2D eigenvalue weighted by Gasteiger charge is -2.27. The van der Waals surface area contributed by atoms with Gasteiger partial charge in [-0.25, -0.2) is 9.69 Å². The molecular formula is C9H13ClN4O2. The Morgan fingerprint density at radius 3 is 2.88 bits per heavy atom. The van der Waals surface area contributed by atoms with Crippen LogP contribution < -0.4 is 11.0 Å². The lowest BCUT2D eigenvalue weighted by molar-refractivity contribution is 0.0496. The zero-order chi connectivity index (χ0) is 11.5. The summed E-state index contributed by atoms with van der Waals surface area (Å²) >= 11 is 5.92. The molecule has 88 valence electrons. The number of aromatic nitrogens is 2. The summed E-state index contributed by atoms with van der Waals surface area (Å²) in [5, 5.41) is 6.01. The third-order valence-electron chi connectivity index (χ3n) is 2.37. The average Bonchev–Trinajstić information content (AvgIpc) is 2.31. The summed E-state index contributed by atoms with van der Waals surface area (Å²) in [7, 11) is 1.56. The summed E-state index contributed by atoms with van der Waals surface area (Å²) in [4.78, 5) is 11.5. The molecule has 1 saturated heterocycles. The zero-order valence-corrected chi connectivity index (χ0v) is 9.70. The van der Waals surface area contributed by atoms with E-state index in [1.807, 2.05) is 5.01 Å². The molecule has 1 aromatic rings. The van der Waals surface area contributed by atoms with Crippen LogP contribution >= 0.6 is 11.6 Å². The topological polar surface area (TPSA) is 59.4 Å². The molecule has 0 radical (unpaired) electrons. The van der Waals surface area contributed by atoms with Gasteiger partial charge in [0.25, 0.3) is 5.56 Å². The van der Waals surface area contributed by atoms with E-state index in [0.717, 1.165) is 13.1 Å². The number of nitrogens with zero attached hydrogens (tertiary/aromatic N) is 3. The van der Waals surface area contributed by atoms with Crippen molar-refractivity contribution in [2.24, 2.45) is 7.05 Å². The maximum absolute atomic E-state index is 11.5. The fourth-order valence-electron chi connectivity index (χ4n) is 1.43. The van der Waals surface area contributed by atoms with Gasteiger partial charge in [0.15, 0.2) is 0 Å². The lowest BCUT2D eigenvalue weighted by Crippen LogP contribution is -2.40. The second-order valence-corrected chi connectivity index (χ2v) is 3.89. The number of hydrazine groups is 1. The van der Waals surface area contributed by atoms with E-state index in [2.05, 4.69) is 10.5 Å². The highest BCUT2D eigenvalue weighted by Crippen LogP contribution is 2.16. The van der Waals surface area contributed by atoms with Crippen LogP contribution in [0.2, 0.25) is 5.02 Å². The van der Waals surface area contributed by atoms with E-state index in [1.165, 1.54) is 4.68 Å². The summed E-state index contributed by atoms with van der Waals surface area (Å²) in [5.41, 5.74) is 3.29. The fourth-order valence-corrected chi connectivity index (χ4v) is 1.65. The molecule has 7 heteroatoms. The summed E-state index contributed by atoms with van der Waals surface area (Å²) in [5.74, 6) is 0. The van der Waals surface area contributed by atoms with Crippen molar-refractivity contribution in [3.8, 4) is 0 Å². The summed E-state index contributed by atoms with van der Waals surface area (Å²) in [6, 6.07) is 0. The minimum Gasteiger partial charge on any atom is -0.379 e. The van der Waals surface area contributed by atoms with Crippen molar-refractivity contribution in [1.82, 2.24) is 14.8 Å². The molecule has 0 atom stereocenters. The van der Waals surface area contributed by atoms with Crippen molar-refractivity contribution in [3.05, 3.63) is 21.6 Å². The van der Waals surface area contributed by atoms with Crippen LogP contribution in [0.3, 0.4) is 0 Å². The maximum atomic E-state index is 11.5. The molecule has 1 aliphatic heterocycles. The molecule has 0 spiro atoms. The zero-order valence-electron chi connectivity index (χ0n) is 8.94. The quantitative estimate of drug-likeness (QED) is 0.799. The first-order valence-electron chi connectivity index (χ1n) is 4.99. The van der Waals surface area contributed by atoms with Crippen molar-refractivity contribution in [2.45, 2.75) is 0 Å². The SMILES string of the molecule is Cn1ncc(NN2CCOCC2)c(Cl)c1=O. The van der Waals surface area contributed by atoms with Crippen LogP contribution in [-0.2, 0) is 11.8 Å². The van der Waals surface area contributed by atoms with Gasteiger partial charge in [-0.3, -0.25) is 4.79 Å². The minimum atomic E-state index is -0.306. The first-order chi connectivity index (χ1) is 7.68. The van der Waals surface area contributed by atoms with Crippen molar-refractivity contribution < 1.29 is 4.74 Å². The molecule has 1 aliphatic rings. The molecule has 0 saturated carbocycles. The van der Waals surface area contributed by atoms with E-state index >= 15 is 0 Å². The molecule has 1 N–H and O–H groups in total. The molecule has 0 unspecified atom stereocenters. The fraction of sp³-hybridized carbons (Fsp3) is 0.556. The Hall–Kier alpha value is -1.11. The number of anilines is 1. The first kappa shape index (κ1) is 11.4. The van der Waals surface area contributed by atoms with Crippen LogP contribution in [0.25, 0.3) is 0 Å². The van der Waals surface area contributed by atoms with Gasteiger partial charge in [0.05, 0.1) is 25.1 Å². The molecule has 0 aliphatic carbocycles.